The minimum atomic E-state index is -0.517. The molecule has 0 bridgehead atoms. The van der Waals surface area contributed by atoms with Crippen molar-refractivity contribution < 1.29 is 4.79 Å². The number of amides is 1. The Morgan fingerprint density at radius 2 is 2.00 bits per heavy atom. The van der Waals surface area contributed by atoms with E-state index in [0.717, 1.165) is 4.88 Å². The Morgan fingerprint density at radius 1 is 1.21 bits per heavy atom. The fourth-order valence-electron chi connectivity index (χ4n) is 2.40. The Hall–Kier alpha value is -2.38. The Kier molecular flexibility index (Phi) is 4.82. The Morgan fingerprint density at radius 3 is 2.75 bits per heavy atom. The number of aryl methyl sites for hydroxylation is 1. The lowest BCUT2D eigenvalue weighted by Gasteiger charge is -2.09. The third kappa shape index (κ3) is 3.58. The highest BCUT2D eigenvalue weighted by atomic mass is 35.5. The van der Waals surface area contributed by atoms with Crippen LogP contribution in [0.25, 0.3) is 10.9 Å². The van der Waals surface area contributed by atoms with Gasteiger partial charge in [0, 0.05) is 17.8 Å². The lowest BCUT2D eigenvalue weighted by Crippen LogP contribution is -2.32. The molecule has 1 aromatic carbocycles. The molecule has 0 aliphatic carbocycles. The molecule has 0 atom stereocenters. The molecule has 2 aromatic heterocycles. The molecule has 3 aromatic rings. The quantitative estimate of drug-likeness (QED) is 0.728. The van der Waals surface area contributed by atoms with Crippen LogP contribution in [0.5, 0.6) is 0 Å². The summed E-state index contributed by atoms with van der Waals surface area (Å²) in [6, 6.07) is 10.4. The van der Waals surface area contributed by atoms with Crippen molar-refractivity contribution in [3.8, 4) is 0 Å². The molecule has 1 amide bonds. The molecule has 0 radical (unpaired) electrons. The van der Waals surface area contributed by atoms with Crippen LogP contribution in [0.3, 0.4) is 0 Å². The van der Waals surface area contributed by atoms with E-state index in [4.69, 9.17) is 11.6 Å². The minimum absolute atomic E-state index is 0.134. The van der Waals surface area contributed by atoms with Gasteiger partial charge in [0.15, 0.2) is 0 Å². The number of fused-ring (bicyclic) bond motifs is 1. The van der Waals surface area contributed by atoms with Crippen LogP contribution >= 0.6 is 22.9 Å². The van der Waals surface area contributed by atoms with Crippen LogP contribution in [-0.2, 0) is 17.9 Å². The summed E-state index contributed by atoms with van der Waals surface area (Å²) >= 11 is 7.25. The second kappa shape index (κ2) is 7.02. The van der Waals surface area contributed by atoms with Gasteiger partial charge in [-0.2, -0.15) is 0 Å². The standard InChI is InChI=1S/C16H14ClN3O3S/c17-13-6-5-10(24-13)9-18-14(21)7-8-20-12-4-2-1-3-11(12)15(22)19-16(20)23/h1-6H,7-9H2,(H,18,21)(H,19,22,23). The molecule has 8 heteroatoms. The summed E-state index contributed by atoms with van der Waals surface area (Å²) in [6.07, 6.45) is 0.134. The number of halogens is 1. The largest absolute Gasteiger partial charge is 0.351 e. The van der Waals surface area contributed by atoms with Crippen molar-refractivity contribution >= 4 is 39.7 Å². The normalized spacial score (nSPS) is 10.9. The molecule has 0 saturated heterocycles. The van der Waals surface area contributed by atoms with E-state index in [9.17, 15) is 14.4 Å². The molecule has 2 N–H and O–H groups in total. The molecule has 0 saturated carbocycles. The van der Waals surface area contributed by atoms with Crippen molar-refractivity contribution in [3.63, 3.8) is 0 Å². The molecule has 3 rings (SSSR count). The highest BCUT2D eigenvalue weighted by Crippen LogP contribution is 2.20. The van der Waals surface area contributed by atoms with Crippen LogP contribution in [0, 0.1) is 0 Å². The predicted octanol–water partition coefficient (Wildman–Crippen LogP) is 2.11. The number of aromatic amines is 1. The molecule has 0 aliphatic rings. The van der Waals surface area contributed by atoms with Crippen molar-refractivity contribution in [3.05, 3.63) is 66.4 Å². The van der Waals surface area contributed by atoms with E-state index >= 15 is 0 Å². The molecule has 6 nitrogen and oxygen atoms in total. The van der Waals surface area contributed by atoms with Gasteiger partial charge in [-0.3, -0.25) is 19.1 Å². The third-order valence-corrected chi connectivity index (χ3v) is 4.79. The Bertz CT molecular complexity index is 1010. The maximum absolute atomic E-state index is 12.0. The van der Waals surface area contributed by atoms with E-state index in [0.29, 0.717) is 21.8 Å². The van der Waals surface area contributed by atoms with Crippen molar-refractivity contribution in [1.82, 2.24) is 14.9 Å². The molecule has 0 aliphatic heterocycles. The first-order valence-electron chi connectivity index (χ1n) is 7.27. The van der Waals surface area contributed by atoms with Gasteiger partial charge in [0.05, 0.1) is 21.8 Å². The van der Waals surface area contributed by atoms with Crippen molar-refractivity contribution in [1.29, 1.82) is 0 Å². The lowest BCUT2D eigenvalue weighted by molar-refractivity contribution is -0.121. The van der Waals surface area contributed by atoms with Gasteiger partial charge >= 0.3 is 5.69 Å². The molecule has 2 heterocycles. The zero-order chi connectivity index (χ0) is 17.1. The second-order valence-electron chi connectivity index (χ2n) is 5.16. The first-order valence-corrected chi connectivity index (χ1v) is 8.47. The van der Waals surface area contributed by atoms with E-state index in [1.807, 2.05) is 6.07 Å². The number of nitrogens with one attached hydrogen (secondary N) is 2. The van der Waals surface area contributed by atoms with Crippen LogP contribution in [-0.4, -0.2) is 15.5 Å². The van der Waals surface area contributed by atoms with Gasteiger partial charge in [0.2, 0.25) is 5.91 Å². The van der Waals surface area contributed by atoms with Gasteiger partial charge in [0.1, 0.15) is 0 Å². The zero-order valence-electron chi connectivity index (χ0n) is 12.5. The topological polar surface area (TPSA) is 84.0 Å². The van der Waals surface area contributed by atoms with Gasteiger partial charge < -0.3 is 5.32 Å². The van der Waals surface area contributed by atoms with E-state index < -0.39 is 11.2 Å². The Labute approximate surface area is 145 Å². The number of carbonyl (C=O) groups excluding carboxylic acids is 1. The number of nitrogens with zero attached hydrogens (tertiary/aromatic N) is 1. The number of rotatable bonds is 5. The summed E-state index contributed by atoms with van der Waals surface area (Å²) in [5.74, 6) is -0.179. The van der Waals surface area contributed by atoms with Crippen molar-refractivity contribution in [2.24, 2.45) is 0 Å². The number of benzene rings is 1. The fourth-order valence-corrected chi connectivity index (χ4v) is 3.43. The number of hydrogen-bond acceptors (Lipinski definition) is 4. The Balaban J connectivity index is 1.70. The van der Waals surface area contributed by atoms with Crippen LogP contribution in [0.4, 0.5) is 0 Å². The van der Waals surface area contributed by atoms with Crippen molar-refractivity contribution in [2.75, 3.05) is 0 Å². The first-order chi connectivity index (χ1) is 11.5. The monoisotopic (exact) mass is 363 g/mol. The summed E-state index contributed by atoms with van der Waals surface area (Å²) in [5.41, 5.74) is -0.425. The van der Waals surface area contributed by atoms with E-state index in [2.05, 4.69) is 10.3 Å². The first kappa shape index (κ1) is 16.5. The molecule has 0 spiro atoms. The van der Waals surface area contributed by atoms with E-state index in [1.165, 1.54) is 15.9 Å². The van der Waals surface area contributed by atoms with Crippen LogP contribution in [0.2, 0.25) is 4.34 Å². The van der Waals surface area contributed by atoms with Gasteiger partial charge in [0.25, 0.3) is 5.56 Å². The number of aromatic nitrogens is 2. The molecule has 0 fully saturated rings. The average Bonchev–Trinajstić information content (AvgIpc) is 2.98. The smallest absolute Gasteiger partial charge is 0.328 e. The summed E-state index contributed by atoms with van der Waals surface area (Å²) in [7, 11) is 0. The lowest BCUT2D eigenvalue weighted by atomic mass is 10.2. The van der Waals surface area contributed by atoms with E-state index in [1.54, 1.807) is 30.3 Å². The number of H-pyrrole nitrogens is 1. The van der Waals surface area contributed by atoms with Gasteiger partial charge in [-0.05, 0) is 24.3 Å². The van der Waals surface area contributed by atoms with Crippen LogP contribution in [0.15, 0.2) is 46.0 Å². The third-order valence-electron chi connectivity index (χ3n) is 3.56. The number of carbonyl (C=O) groups is 1. The van der Waals surface area contributed by atoms with Crippen LogP contribution in [0.1, 0.15) is 11.3 Å². The zero-order valence-corrected chi connectivity index (χ0v) is 14.1. The summed E-state index contributed by atoms with van der Waals surface area (Å²) in [6.45, 7) is 0.588. The maximum Gasteiger partial charge on any atom is 0.328 e. The summed E-state index contributed by atoms with van der Waals surface area (Å²) in [4.78, 5) is 39.0. The van der Waals surface area contributed by atoms with E-state index in [-0.39, 0.29) is 18.9 Å². The second-order valence-corrected chi connectivity index (χ2v) is 6.96. The fraction of sp³-hybridized carbons (Fsp3) is 0.188. The number of thiophene rings is 1. The number of para-hydroxylation sites is 1. The average molecular weight is 364 g/mol. The molecular weight excluding hydrogens is 350 g/mol. The minimum Gasteiger partial charge on any atom is -0.351 e. The molecule has 124 valence electrons. The molecular formula is C16H14ClN3O3S. The maximum atomic E-state index is 12.0. The van der Waals surface area contributed by atoms with Gasteiger partial charge in [-0.1, -0.05) is 23.7 Å². The SMILES string of the molecule is O=C(CCn1c(=O)[nH]c(=O)c2ccccc21)NCc1ccc(Cl)s1. The highest BCUT2D eigenvalue weighted by Gasteiger charge is 2.09. The summed E-state index contributed by atoms with van der Waals surface area (Å²) in [5, 5.41) is 3.21. The molecule has 0 unspecified atom stereocenters. The summed E-state index contributed by atoms with van der Waals surface area (Å²) < 4.78 is 2.07. The van der Waals surface area contributed by atoms with Gasteiger partial charge in [-0.25, -0.2) is 4.79 Å². The van der Waals surface area contributed by atoms with Gasteiger partial charge in [-0.15, -0.1) is 11.3 Å². The van der Waals surface area contributed by atoms with Crippen molar-refractivity contribution in [2.45, 2.75) is 19.5 Å². The highest BCUT2D eigenvalue weighted by molar-refractivity contribution is 7.16. The predicted molar refractivity (Wildman–Crippen MR) is 94.6 cm³/mol. The van der Waals surface area contributed by atoms with Crippen LogP contribution < -0.4 is 16.6 Å². The molecule has 24 heavy (non-hydrogen) atoms. The number of hydrogen-bond donors (Lipinski definition) is 2.